The Hall–Kier alpha value is -2.14. The van der Waals surface area contributed by atoms with Gasteiger partial charge in [0.25, 0.3) is 0 Å². The quantitative estimate of drug-likeness (QED) is 0.903. The second kappa shape index (κ2) is 6.96. The van der Waals surface area contributed by atoms with Crippen LogP contribution in [0, 0.1) is 13.8 Å². The molecular formula is C18H19NO3S. The van der Waals surface area contributed by atoms with E-state index in [9.17, 15) is 4.79 Å². The van der Waals surface area contributed by atoms with Crippen molar-refractivity contribution in [2.75, 3.05) is 17.9 Å². The Morgan fingerprint density at radius 2 is 1.91 bits per heavy atom. The van der Waals surface area contributed by atoms with E-state index in [1.165, 1.54) is 11.1 Å². The Morgan fingerprint density at radius 3 is 2.74 bits per heavy atom. The van der Waals surface area contributed by atoms with E-state index in [4.69, 9.17) is 9.47 Å². The molecule has 0 unspecified atom stereocenters. The minimum atomic E-state index is 0.0130. The molecule has 0 spiro atoms. The van der Waals surface area contributed by atoms with E-state index in [0.29, 0.717) is 5.75 Å². The van der Waals surface area contributed by atoms with Crippen molar-refractivity contribution in [1.29, 1.82) is 0 Å². The standard InChI is InChI=1S/C18H19NO3S/c1-12-3-5-15(7-13(12)2)19-18(20)10-23-9-14-4-6-16-17(8-14)22-11-21-16/h3-8H,9-11H2,1-2H3,(H,19,20). The summed E-state index contributed by atoms with van der Waals surface area (Å²) in [5.74, 6) is 2.76. The zero-order valence-corrected chi connectivity index (χ0v) is 14.0. The number of thioether (sulfide) groups is 1. The Bertz CT molecular complexity index is 730. The number of aryl methyl sites for hydroxylation is 2. The number of carbonyl (C=O) groups excluding carboxylic acids is 1. The number of nitrogens with one attached hydrogen (secondary N) is 1. The van der Waals surface area contributed by atoms with Crippen LogP contribution >= 0.6 is 11.8 Å². The molecule has 2 aromatic carbocycles. The first kappa shape index (κ1) is 15.7. The minimum absolute atomic E-state index is 0.0130. The van der Waals surface area contributed by atoms with Gasteiger partial charge >= 0.3 is 0 Å². The maximum Gasteiger partial charge on any atom is 0.234 e. The summed E-state index contributed by atoms with van der Waals surface area (Å²) in [4.78, 5) is 12.0. The Balaban J connectivity index is 1.48. The van der Waals surface area contributed by atoms with Crippen LogP contribution < -0.4 is 14.8 Å². The smallest absolute Gasteiger partial charge is 0.234 e. The van der Waals surface area contributed by atoms with Crippen molar-refractivity contribution < 1.29 is 14.3 Å². The Labute approximate surface area is 140 Å². The van der Waals surface area contributed by atoms with Crippen LogP contribution in [-0.4, -0.2) is 18.5 Å². The summed E-state index contributed by atoms with van der Waals surface area (Å²) < 4.78 is 10.6. The van der Waals surface area contributed by atoms with Crippen molar-refractivity contribution in [3.05, 3.63) is 53.1 Å². The van der Waals surface area contributed by atoms with Crippen LogP contribution in [0.2, 0.25) is 0 Å². The van der Waals surface area contributed by atoms with E-state index in [2.05, 4.69) is 12.2 Å². The highest BCUT2D eigenvalue weighted by Crippen LogP contribution is 2.33. The number of carbonyl (C=O) groups is 1. The average Bonchev–Trinajstić information content (AvgIpc) is 2.98. The van der Waals surface area contributed by atoms with Crippen molar-refractivity contribution in [1.82, 2.24) is 0 Å². The highest BCUT2D eigenvalue weighted by Gasteiger charge is 2.13. The third-order valence-corrected chi connectivity index (χ3v) is 4.73. The molecule has 0 atom stereocenters. The van der Waals surface area contributed by atoms with Gasteiger partial charge < -0.3 is 14.8 Å². The zero-order chi connectivity index (χ0) is 16.2. The molecule has 120 valence electrons. The first-order valence-corrected chi connectivity index (χ1v) is 8.60. The number of rotatable bonds is 5. The van der Waals surface area contributed by atoms with Gasteiger partial charge in [0, 0.05) is 11.4 Å². The maximum absolute atomic E-state index is 12.0. The van der Waals surface area contributed by atoms with Gasteiger partial charge in [0.05, 0.1) is 5.75 Å². The monoisotopic (exact) mass is 329 g/mol. The van der Waals surface area contributed by atoms with Crippen molar-refractivity contribution >= 4 is 23.4 Å². The molecule has 1 amide bonds. The number of fused-ring (bicyclic) bond motifs is 1. The van der Waals surface area contributed by atoms with Gasteiger partial charge in [-0.3, -0.25) is 4.79 Å². The molecule has 0 fully saturated rings. The Kier molecular flexibility index (Phi) is 4.76. The van der Waals surface area contributed by atoms with Crippen molar-refractivity contribution in [2.45, 2.75) is 19.6 Å². The molecule has 0 radical (unpaired) electrons. The van der Waals surface area contributed by atoms with Crippen LogP contribution in [0.25, 0.3) is 0 Å². The third kappa shape index (κ3) is 3.99. The summed E-state index contributed by atoms with van der Waals surface area (Å²) in [6, 6.07) is 11.8. The molecule has 23 heavy (non-hydrogen) atoms. The summed E-state index contributed by atoms with van der Waals surface area (Å²) in [7, 11) is 0. The van der Waals surface area contributed by atoms with Crippen LogP contribution in [0.3, 0.4) is 0 Å². The topological polar surface area (TPSA) is 47.6 Å². The van der Waals surface area contributed by atoms with Crippen molar-refractivity contribution in [2.24, 2.45) is 0 Å². The molecule has 0 bridgehead atoms. The molecule has 4 nitrogen and oxygen atoms in total. The molecule has 0 aliphatic carbocycles. The number of ether oxygens (including phenoxy) is 2. The molecule has 1 aliphatic rings. The lowest BCUT2D eigenvalue weighted by Crippen LogP contribution is -2.14. The van der Waals surface area contributed by atoms with Crippen molar-refractivity contribution in [3.63, 3.8) is 0 Å². The van der Waals surface area contributed by atoms with Crippen LogP contribution in [-0.2, 0) is 10.5 Å². The fourth-order valence-electron chi connectivity index (χ4n) is 2.31. The lowest BCUT2D eigenvalue weighted by Gasteiger charge is -2.08. The van der Waals surface area contributed by atoms with Gasteiger partial charge in [-0.1, -0.05) is 12.1 Å². The normalized spacial score (nSPS) is 12.3. The highest BCUT2D eigenvalue weighted by atomic mass is 32.2. The lowest BCUT2D eigenvalue weighted by atomic mass is 10.1. The zero-order valence-electron chi connectivity index (χ0n) is 13.2. The molecule has 5 heteroatoms. The van der Waals surface area contributed by atoms with Crippen LogP contribution in [0.5, 0.6) is 11.5 Å². The van der Waals surface area contributed by atoms with Crippen LogP contribution in [0.15, 0.2) is 36.4 Å². The summed E-state index contributed by atoms with van der Waals surface area (Å²) >= 11 is 1.58. The van der Waals surface area contributed by atoms with E-state index >= 15 is 0 Å². The van der Waals surface area contributed by atoms with E-state index in [1.807, 2.05) is 43.3 Å². The number of hydrogen-bond donors (Lipinski definition) is 1. The van der Waals surface area contributed by atoms with Gasteiger partial charge in [0.1, 0.15) is 0 Å². The minimum Gasteiger partial charge on any atom is -0.454 e. The molecule has 1 N–H and O–H groups in total. The van der Waals surface area contributed by atoms with E-state index < -0.39 is 0 Å². The second-order valence-electron chi connectivity index (χ2n) is 5.53. The number of benzene rings is 2. The molecule has 0 saturated carbocycles. The van der Waals surface area contributed by atoms with Gasteiger partial charge in [-0.05, 0) is 54.8 Å². The van der Waals surface area contributed by atoms with Gasteiger partial charge in [0.15, 0.2) is 11.5 Å². The molecular weight excluding hydrogens is 310 g/mol. The first-order valence-electron chi connectivity index (χ1n) is 7.45. The number of amides is 1. The van der Waals surface area contributed by atoms with Crippen LogP contribution in [0.4, 0.5) is 5.69 Å². The molecule has 0 aromatic heterocycles. The second-order valence-corrected chi connectivity index (χ2v) is 6.51. The molecule has 2 aromatic rings. The summed E-state index contributed by atoms with van der Waals surface area (Å²) in [6.45, 7) is 4.38. The Morgan fingerprint density at radius 1 is 1.09 bits per heavy atom. The van der Waals surface area contributed by atoms with E-state index in [0.717, 1.165) is 28.5 Å². The molecule has 0 saturated heterocycles. The van der Waals surface area contributed by atoms with E-state index in [-0.39, 0.29) is 12.7 Å². The fourth-order valence-corrected chi connectivity index (χ4v) is 3.08. The van der Waals surface area contributed by atoms with Crippen molar-refractivity contribution in [3.8, 4) is 11.5 Å². The van der Waals surface area contributed by atoms with Gasteiger partial charge in [-0.15, -0.1) is 11.8 Å². The van der Waals surface area contributed by atoms with Gasteiger partial charge in [0.2, 0.25) is 12.7 Å². The van der Waals surface area contributed by atoms with Gasteiger partial charge in [-0.2, -0.15) is 0 Å². The molecule has 1 aliphatic heterocycles. The number of hydrogen-bond acceptors (Lipinski definition) is 4. The van der Waals surface area contributed by atoms with Crippen LogP contribution in [0.1, 0.15) is 16.7 Å². The maximum atomic E-state index is 12.0. The molecule has 3 rings (SSSR count). The highest BCUT2D eigenvalue weighted by molar-refractivity contribution is 7.99. The van der Waals surface area contributed by atoms with Gasteiger partial charge in [-0.25, -0.2) is 0 Å². The SMILES string of the molecule is Cc1ccc(NC(=O)CSCc2ccc3c(c2)OCO3)cc1C. The predicted octanol–water partition coefficient (Wildman–Crippen LogP) is 3.90. The van der Waals surface area contributed by atoms with E-state index in [1.54, 1.807) is 11.8 Å². The summed E-state index contributed by atoms with van der Waals surface area (Å²) in [6.07, 6.45) is 0. The fraction of sp³-hybridized carbons (Fsp3) is 0.278. The predicted molar refractivity (Wildman–Crippen MR) is 93.3 cm³/mol. The first-order chi connectivity index (χ1) is 11.1. The largest absolute Gasteiger partial charge is 0.454 e. The summed E-state index contributed by atoms with van der Waals surface area (Å²) in [5.41, 5.74) is 4.37. The lowest BCUT2D eigenvalue weighted by molar-refractivity contribution is -0.113. The summed E-state index contributed by atoms with van der Waals surface area (Å²) in [5, 5.41) is 2.93. The average molecular weight is 329 g/mol. The number of anilines is 1. The molecule has 1 heterocycles. The third-order valence-electron chi connectivity index (χ3n) is 3.73.